The van der Waals surface area contributed by atoms with Crippen molar-refractivity contribution in [3.8, 4) is 6.07 Å². The second-order valence-electron chi connectivity index (χ2n) is 3.35. The van der Waals surface area contributed by atoms with Crippen molar-refractivity contribution in [3.63, 3.8) is 0 Å². The molecule has 2 aromatic rings. The molecule has 88 valence electrons. The Morgan fingerprint density at radius 3 is 2.71 bits per heavy atom. The van der Waals surface area contributed by atoms with Crippen LogP contribution in [-0.4, -0.2) is 14.6 Å². The molecule has 0 aliphatic heterocycles. The van der Waals surface area contributed by atoms with Gasteiger partial charge in [-0.3, -0.25) is 9.89 Å². The van der Waals surface area contributed by atoms with Gasteiger partial charge in [-0.25, -0.2) is 9.50 Å². The van der Waals surface area contributed by atoms with Crippen LogP contribution in [0.3, 0.4) is 0 Å². The number of halogens is 3. The molecule has 0 unspecified atom stereocenters. The van der Waals surface area contributed by atoms with E-state index in [9.17, 15) is 18.0 Å². The van der Waals surface area contributed by atoms with Crippen LogP contribution in [0.1, 0.15) is 16.8 Å². The molecule has 0 aliphatic carbocycles. The topological polar surface area (TPSA) is 73.9 Å². The molecular formula is C9H5F3N4O. The molecule has 0 atom stereocenters. The molecule has 2 rings (SSSR count). The van der Waals surface area contributed by atoms with E-state index in [0.717, 1.165) is 17.6 Å². The van der Waals surface area contributed by atoms with E-state index in [2.05, 4.69) is 10.1 Å². The number of alkyl halides is 3. The first-order chi connectivity index (χ1) is 7.86. The molecule has 5 nitrogen and oxygen atoms in total. The van der Waals surface area contributed by atoms with Crippen LogP contribution in [0, 0.1) is 18.3 Å². The summed E-state index contributed by atoms with van der Waals surface area (Å²) < 4.78 is 38.6. The van der Waals surface area contributed by atoms with Crippen molar-refractivity contribution in [2.24, 2.45) is 0 Å². The summed E-state index contributed by atoms with van der Waals surface area (Å²) in [6.45, 7) is 1.04. The maximum Gasteiger partial charge on any atom is 0.433 e. The summed E-state index contributed by atoms with van der Waals surface area (Å²) in [6.07, 6.45) is -3.59. The third kappa shape index (κ3) is 1.56. The lowest BCUT2D eigenvalue weighted by Gasteiger charge is -2.08. The zero-order valence-electron chi connectivity index (χ0n) is 8.46. The lowest BCUT2D eigenvalue weighted by molar-refractivity contribution is -0.141. The number of nitrogens with one attached hydrogen (secondary N) is 1. The number of nitriles is 1. The summed E-state index contributed by atoms with van der Waals surface area (Å²) in [5.41, 5.74) is -3.09. The highest BCUT2D eigenvalue weighted by Crippen LogP contribution is 2.29. The van der Waals surface area contributed by atoms with Gasteiger partial charge in [0.25, 0.3) is 5.56 Å². The quantitative estimate of drug-likeness (QED) is 0.754. The average molecular weight is 242 g/mol. The highest BCUT2D eigenvalue weighted by Gasteiger charge is 2.36. The molecule has 1 N–H and O–H groups in total. The van der Waals surface area contributed by atoms with Crippen molar-refractivity contribution in [1.82, 2.24) is 14.6 Å². The average Bonchev–Trinajstić information content (AvgIpc) is 2.64. The van der Waals surface area contributed by atoms with Gasteiger partial charge in [0.1, 0.15) is 11.6 Å². The molecule has 0 fully saturated rings. The maximum absolute atomic E-state index is 12.6. The third-order valence-electron chi connectivity index (χ3n) is 2.28. The summed E-state index contributed by atoms with van der Waals surface area (Å²) in [6, 6.07) is 1.65. The van der Waals surface area contributed by atoms with Gasteiger partial charge in [0.15, 0.2) is 11.3 Å². The molecule has 0 aliphatic rings. The lowest BCUT2D eigenvalue weighted by atomic mass is 10.2. The summed E-state index contributed by atoms with van der Waals surface area (Å²) in [7, 11) is 0. The van der Waals surface area contributed by atoms with E-state index in [1.807, 2.05) is 0 Å². The van der Waals surface area contributed by atoms with Crippen LogP contribution in [0.2, 0.25) is 0 Å². The Bertz CT molecular complexity index is 689. The van der Waals surface area contributed by atoms with Gasteiger partial charge < -0.3 is 0 Å². The summed E-state index contributed by atoms with van der Waals surface area (Å²) >= 11 is 0. The summed E-state index contributed by atoms with van der Waals surface area (Å²) in [5, 5.41) is 11.1. The first-order valence-corrected chi connectivity index (χ1v) is 4.44. The van der Waals surface area contributed by atoms with Crippen molar-refractivity contribution >= 4 is 5.65 Å². The van der Waals surface area contributed by atoms with Crippen LogP contribution in [0.15, 0.2) is 11.0 Å². The fourth-order valence-electron chi connectivity index (χ4n) is 1.46. The number of rotatable bonds is 0. The van der Waals surface area contributed by atoms with E-state index in [-0.39, 0.29) is 11.2 Å². The number of nitrogens with zero attached hydrogens (tertiary/aromatic N) is 3. The second-order valence-corrected chi connectivity index (χ2v) is 3.35. The van der Waals surface area contributed by atoms with Crippen molar-refractivity contribution < 1.29 is 13.2 Å². The van der Waals surface area contributed by atoms with E-state index < -0.39 is 23.0 Å². The summed E-state index contributed by atoms with van der Waals surface area (Å²) in [5.74, 6) is 0. The van der Waals surface area contributed by atoms with E-state index >= 15 is 0 Å². The van der Waals surface area contributed by atoms with Crippen LogP contribution in [0.4, 0.5) is 13.2 Å². The van der Waals surface area contributed by atoms with Gasteiger partial charge in [0.2, 0.25) is 0 Å². The van der Waals surface area contributed by atoms with Gasteiger partial charge in [-0.15, -0.1) is 0 Å². The fourth-order valence-corrected chi connectivity index (χ4v) is 1.46. The van der Waals surface area contributed by atoms with E-state index in [4.69, 9.17) is 5.26 Å². The van der Waals surface area contributed by atoms with Gasteiger partial charge in [-0.1, -0.05) is 0 Å². The van der Waals surface area contributed by atoms with Gasteiger partial charge >= 0.3 is 6.18 Å². The molecule has 2 heterocycles. The normalized spacial score (nSPS) is 11.7. The fraction of sp³-hybridized carbons (Fsp3) is 0.222. The van der Waals surface area contributed by atoms with Gasteiger partial charge in [-0.2, -0.15) is 18.4 Å². The molecule has 0 aromatic carbocycles. The number of fused-ring (bicyclic) bond motifs is 1. The van der Waals surface area contributed by atoms with Gasteiger partial charge in [-0.05, 0) is 6.92 Å². The van der Waals surface area contributed by atoms with Crippen LogP contribution < -0.4 is 5.56 Å². The van der Waals surface area contributed by atoms with Crippen molar-refractivity contribution in [2.75, 3.05) is 0 Å². The number of aromatic amines is 1. The van der Waals surface area contributed by atoms with Crippen molar-refractivity contribution in [1.29, 1.82) is 5.26 Å². The Hall–Kier alpha value is -2.30. The lowest BCUT2D eigenvalue weighted by Crippen LogP contribution is -2.24. The van der Waals surface area contributed by atoms with Gasteiger partial charge in [0.05, 0.1) is 0 Å². The van der Waals surface area contributed by atoms with Crippen molar-refractivity contribution in [3.05, 3.63) is 33.4 Å². The predicted molar refractivity (Wildman–Crippen MR) is 50.3 cm³/mol. The Balaban J connectivity index is 2.95. The standard InChI is InChI=1S/C9H5F3N4O/c1-4-6(9(10,11)12)15-7-5(2-13)3-14-16(7)8(4)17/h3,14H,1H3. The summed E-state index contributed by atoms with van der Waals surface area (Å²) in [4.78, 5) is 14.9. The Labute approximate surface area is 92.1 Å². The van der Waals surface area contributed by atoms with E-state index in [0.29, 0.717) is 0 Å². The SMILES string of the molecule is Cc1c(C(F)(F)F)nc2c(C#N)c[nH]n2c1=O. The predicted octanol–water partition coefficient (Wildman–Crippen LogP) is 1.22. The molecule has 0 radical (unpaired) electrons. The largest absolute Gasteiger partial charge is 0.433 e. The smallest absolute Gasteiger partial charge is 0.295 e. The highest BCUT2D eigenvalue weighted by atomic mass is 19.4. The molecule has 8 heteroatoms. The minimum Gasteiger partial charge on any atom is -0.295 e. The molecule has 0 amide bonds. The highest BCUT2D eigenvalue weighted by molar-refractivity contribution is 5.54. The second kappa shape index (κ2) is 3.35. The molecule has 2 aromatic heterocycles. The Kier molecular flexibility index (Phi) is 2.20. The third-order valence-corrected chi connectivity index (χ3v) is 2.28. The molecule has 0 bridgehead atoms. The van der Waals surface area contributed by atoms with Crippen molar-refractivity contribution in [2.45, 2.75) is 13.1 Å². The van der Waals surface area contributed by atoms with Crippen LogP contribution in [-0.2, 0) is 6.18 Å². The minimum absolute atomic E-state index is 0.118. The zero-order chi connectivity index (χ0) is 12.8. The number of aromatic nitrogens is 3. The van der Waals surface area contributed by atoms with Crippen LogP contribution in [0.5, 0.6) is 0 Å². The van der Waals surface area contributed by atoms with Crippen LogP contribution >= 0.6 is 0 Å². The molecular weight excluding hydrogens is 237 g/mol. The van der Waals surface area contributed by atoms with Crippen LogP contribution in [0.25, 0.3) is 5.65 Å². The van der Waals surface area contributed by atoms with E-state index in [1.54, 1.807) is 6.07 Å². The first kappa shape index (κ1) is 11.2. The van der Waals surface area contributed by atoms with Gasteiger partial charge in [0, 0.05) is 11.8 Å². The minimum atomic E-state index is -4.72. The Morgan fingerprint density at radius 1 is 1.53 bits per heavy atom. The Morgan fingerprint density at radius 2 is 2.18 bits per heavy atom. The number of hydrogen-bond acceptors (Lipinski definition) is 3. The molecule has 0 saturated carbocycles. The molecule has 17 heavy (non-hydrogen) atoms. The van der Waals surface area contributed by atoms with E-state index in [1.165, 1.54) is 0 Å². The zero-order valence-corrected chi connectivity index (χ0v) is 8.46. The first-order valence-electron chi connectivity index (χ1n) is 4.44. The molecule has 0 spiro atoms. The molecule has 0 saturated heterocycles. The monoisotopic (exact) mass is 242 g/mol. The number of hydrogen-bond donors (Lipinski definition) is 1. The number of H-pyrrole nitrogens is 1. The maximum atomic E-state index is 12.6.